The number of aryl methyl sites for hydroxylation is 2. The van der Waals surface area contributed by atoms with Crippen LogP contribution in [0, 0.1) is 6.92 Å². The average Bonchev–Trinajstić information content (AvgIpc) is 3.65. The van der Waals surface area contributed by atoms with Crippen LogP contribution in [0.3, 0.4) is 0 Å². The summed E-state index contributed by atoms with van der Waals surface area (Å²) in [5, 5.41) is 2.25. The van der Waals surface area contributed by atoms with Crippen LogP contribution < -0.4 is 4.57 Å². The zero-order valence-corrected chi connectivity index (χ0v) is 33.5. The fraction of sp³-hybridized carbons (Fsp3) is 0.292. The Bertz CT molecular complexity index is 2690. The van der Waals surface area contributed by atoms with Crippen LogP contribution in [0.15, 0.2) is 108 Å². The van der Waals surface area contributed by atoms with Gasteiger partial charge in [0.2, 0.25) is 0 Å². The molecule has 0 bridgehead atoms. The third kappa shape index (κ3) is 5.98. The van der Waals surface area contributed by atoms with Gasteiger partial charge in [-0.25, -0.2) is 19.5 Å². The lowest BCUT2D eigenvalue weighted by Gasteiger charge is -2.23. The molecule has 0 N–H and O–H groups in total. The second-order valence-corrected chi connectivity index (χ2v) is 17.8. The quantitative estimate of drug-likeness (QED) is 0.170. The topological polar surface area (TPSA) is 60.6 Å². The highest BCUT2D eigenvalue weighted by Gasteiger charge is 2.33. The minimum absolute atomic E-state index is 0.162. The minimum atomic E-state index is -0.192. The maximum absolute atomic E-state index is 6.68. The summed E-state index contributed by atoms with van der Waals surface area (Å²) in [5.74, 6) is 3.42. The molecular formula is C48H50N5O+. The normalized spacial score (nSPS) is 12.7. The van der Waals surface area contributed by atoms with E-state index in [2.05, 4.69) is 182 Å². The van der Waals surface area contributed by atoms with E-state index in [-0.39, 0.29) is 16.2 Å². The first-order valence-corrected chi connectivity index (χ1v) is 18.9. The Balaban J connectivity index is 1.30. The monoisotopic (exact) mass is 712 g/mol. The van der Waals surface area contributed by atoms with Gasteiger partial charge >= 0.3 is 0 Å². The van der Waals surface area contributed by atoms with Gasteiger partial charge in [-0.3, -0.25) is 0 Å². The lowest BCUT2D eigenvalue weighted by atomic mass is 9.83. The highest BCUT2D eigenvalue weighted by Crippen LogP contribution is 2.41. The Kier molecular flexibility index (Phi) is 8.18. The smallest absolute Gasteiger partial charge is 0.298 e. The first-order valence-electron chi connectivity index (χ1n) is 18.9. The van der Waals surface area contributed by atoms with E-state index in [1.807, 2.05) is 6.07 Å². The molecule has 8 aromatic rings. The van der Waals surface area contributed by atoms with E-state index in [4.69, 9.17) is 19.4 Å². The van der Waals surface area contributed by atoms with Crippen LogP contribution in [0.25, 0.3) is 72.6 Å². The third-order valence-electron chi connectivity index (χ3n) is 10.5. The maximum atomic E-state index is 6.68. The van der Waals surface area contributed by atoms with Crippen LogP contribution in [0.5, 0.6) is 0 Å². The van der Waals surface area contributed by atoms with Gasteiger partial charge in [0, 0.05) is 32.7 Å². The van der Waals surface area contributed by atoms with Crippen LogP contribution >= 0.6 is 0 Å². The number of para-hydroxylation sites is 3. The number of benzene rings is 5. The largest absolute Gasteiger partial charge is 0.455 e. The van der Waals surface area contributed by atoms with Gasteiger partial charge in [0.05, 0.1) is 7.05 Å². The number of imidazole rings is 1. The van der Waals surface area contributed by atoms with Crippen LogP contribution in [-0.4, -0.2) is 19.5 Å². The van der Waals surface area contributed by atoms with Crippen molar-refractivity contribution in [2.45, 2.75) is 85.5 Å². The molecule has 0 spiro atoms. The van der Waals surface area contributed by atoms with Crippen LogP contribution in [-0.2, 0) is 23.3 Å². The van der Waals surface area contributed by atoms with Crippen LogP contribution in [0.2, 0.25) is 0 Å². The van der Waals surface area contributed by atoms with Crippen molar-refractivity contribution in [3.8, 4) is 39.6 Å². The second-order valence-electron chi connectivity index (χ2n) is 17.8. The first kappa shape index (κ1) is 35.4. The molecule has 0 saturated carbocycles. The van der Waals surface area contributed by atoms with Gasteiger partial charge in [-0.2, -0.15) is 4.57 Å². The number of aromatic nitrogens is 5. The van der Waals surface area contributed by atoms with Crippen molar-refractivity contribution >= 4 is 33.0 Å². The third-order valence-corrected chi connectivity index (χ3v) is 10.5. The molecule has 3 aromatic heterocycles. The minimum Gasteiger partial charge on any atom is -0.455 e. The summed E-state index contributed by atoms with van der Waals surface area (Å²) in [6.45, 7) is 22.0. The summed E-state index contributed by atoms with van der Waals surface area (Å²) in [4.78, 5) is 14.8. The summed E-state index contributed by atoms with van der Waals surface area (Å²) in [6, 6.07) is 37.0. The predicted molar refractivity (Wildman–Crippen MR) is 222 cm³/mol. The fourth-order valence-corrected chi connectivity index (χ4v) is 7.50. The Hall–Kier alpha value is -5.62. The molecule has 6 heteroatoms. The second kappa shape index (κ2) is 12.5. The molecule has 0 aliphatic rings. The standard InChI is InChI=1S/C48H50N5O/c1-29-20-26-34-33-16-12-15-19-39(33)54-41(34)40(29)43-52(11)37-17-13-14-18-38(37)53(43)36-27-25-32(28-35(36)46(2,3)4)30-21-23-31(24-22-30)42-49-44(47(5,6)7)51-45(50-42)48(8,9)10/h12-28H,1-11H3/q+1. The Morgan fingerprint density at radius 1 is 0.593 bits per heavy atom. The van der Waals surface area contributed by atoms with Crippen molar-refractivity contribution in [2.75, 3.05) is 0 Å². The van der Waals surface area contributed by atoms with Crippen molar-refractivity contribution in [3.05, 3.63) is 126 Å². The van der Waals surface area contributed by atoms with Crippen LogP contribution in [0.4, 0.5) is 0 Å². The molecule has 0 fully saturated rings. The number of furan rings is 1. The number of fused-ring (bicyclic) bond motifs is 4. The van der Waals surface area contributed by atoms with Crippen molar-refractivity contribution in [1.29, 1.82) is 0 Å². The van der Waals surface area contributed by atoms with Crippen molar-refractivity contribution in [3.63, 3.8) is 0 Å². The van der Waals surface area contributed by atoms with E-state index in [0.29, 0.717) is 5.82 Å². The first-order chi connectivity index (χ1) is 25.5. The number of rotatable bonds is 4. The lowest BCUT2D eigenvalue weighted by Crippen LogP contribution is -2.30. The summed E-state index contributed by atoms with van der Waals surface area (Å²) in [6.07, 6.45) is 0. The van der Waals surface area contributed by atoms with Gasteiger partial charge < -0.3 is 4.42 Å². The molecule has 0 amide bonds. The molecule has 0 aliphatic carbocycles. The molecule has 0 saturated heterocycles. The zero-order valence-electron chi connectivity index (χ0n) is 33.5. The summed E-state index contributed by atoms with van der Waals surface area (Å²) < 4.78 is 11.4. The predicted octanol–water partition coefficient (Wildman–Crippen LogP) is 11.7. The van der Waals surface area contributed by atoms with E-state index in [1.54, 1.807) is 0 Å². The maximum Gasteiger partial charge on any atom is 0.298 e. The molecule has 8 rings (SSSR count). The number of nitrogens with zero attached hydrogens (tertiary/aromatic N) is 5. The van der Waals surface area contributed by atoms with E-state index in [0.717, 1.165) is 83.9 Å². The van der Waals surface area contributed by atoms with Crippen LogP contribution in [0.1, 0.15) is 85.1 Å². The summed E-state index contributed by atoms with van der Waals surface area (Å²) in [7, 11) is 2.17. The Morgan fingerprint density at radius 3 is 1.87 bits per heavy atom. The molecule has 0 atom stereocenters. The van der Waals surface area contributed by atoms with E-state index >= 15 is 0 Å². The number of hydrogen-bond acceptors (Lipinski definition) is 4. The molecule has 0 aliphatic heterocycles. The zero-order chi connectivity index (χ0) is 38.3. The van der Waals surface area contributed by atoms with Crippen molar-refractivity contribution < 1.29 is 8.98 Å². The molecule has 0 unspecified atom stereocenters. The SMILES string of the molecule is Cc1ccc2c(oc3ccccc32)c1-c1n(-c2ccc(-c3ccc(-c4nc(C(C)(C)C)nc(C(C)(C)C)n4)cc3)cc2C(C)(C)C)c2ccccc2[n+]1C. The summed E-state index contributed by atoms with van der Waals surface area (Å²) in [5.41, 5.74) is 11.5. The van der Waals surface area contributed by atoms with Gasteiger partial charge in [-0.15, -0.1) is 0 Å². The van der Waals surface area contributed by atoms with Gasteiger partial charge in [-0.05, 0) is 59.4 Å². The lowest BCUT2D eigenvalue weighted by molar-refractivity contribution is -0.633. The van der Waals surface area contributed by atoms with Gasteiger partial charge in [0.15, 0.2) is 22.4 Å². The highest BCUT2D eigenvalue weighted by molar-refractivity contribution is 6.09. The molecule has 3 heterocycles. The van der Waals surface area contributed by atoms with Crippen molar-refractivity contribution in [2.24, 2.45) is 7.05 Å². The molecule has 272 valence electrons. The van der Waals surface area contributed by atoms with Gasteiger partial charge in [0.1, 0.15) is 28.5 Å². The fourth-order valence-electron chi connectivity index (χ4n) is 7.50. The molecular weight excluding hydrogens is 663 g/mol. The number of hydrogen-bond donors (Lipinski definition) is 0. The van der Waals surface area contributed by atoms with E-state index in [1.165, 1.54) is 5.56 Å². The Morgan fingerprint density at radius 2 is 1.20 bits per heavy atom. The van der Waals surface area contributed by atoms with Crippen molar-refractivity contribution in [1.82, 2.24) is 19.5 Å². The molecule has 5 aromatic carbocycles. The Labute approximate surface area is 318 Å². The molecule has 54 heavy (non-hydrogen) atoms. The molecule has 0 radical (unpaired) electrons. The van der Waals surface area contributed by atoms with Gasteiger partial charge in [0.25, 0.3) is 5.82 Å². The molecule has 6 nitrogen and oxygen atoms in total. The highest BCUT2D eigenvalue weighted by atomic mass is 16.3. The van der Waals surface area contributed by atoms with E-state index < -0.39 is 0 Å². The average molecular weight is 713 g/mol. The summed E-state index contributed by atoms with van der Waals surface area (Å²) >= 11 is 0. The van der Waals surface area contributed by atoms with Gasteiger partial charge in [-0.1, -0.05) is 135 Å². The van der Waals surface area contributed by atoms with E-state index in [9.17, 15) is 0 Å².